The van der Waals surface area contributed by atoms with E-state index < -0.39 is 5.97 Å². The summed E-state index contributed by atoms with van der Waals surface area (Å²) in [5, 5.41) is 9.40. The van der Waals surface area contributed by atoms with Crippen molar-refractivity contribution in [3.63, 3.8) is 0 Å². The summed E-state index contributed by atoms with van der Waals surface area (Å²) in [6.07, 6.45) is 5.43. The van der Waals surface area contributed by atoms with Crippen LogP contribution in [0, 0.1) is 5.92 Å². The van der Waals surface area contributed by atoms with Crippen LogP contribution in [0.5, 0.6) is 0 Å². The third kappa shape index (κ3) is 3.41. The average Bonchev–Trinajstić information content (AvgIpc) is 2.46. The van der Waals surface area contributed by atoms with Gasteiger partial charge in [-0.2, -0.15) is 11.8 Å². The molecule has 0 aromatic carbocycles. The third-order valence-corrected chi connectivity index (χ3v) is 4.70. The molecule has 1 aliphatic heterocycles. The predicted octanol–water partition coefficient (Wildman–Crippen LogP) is 2.81. The summed E-state index contributed by atoms with van der Waals surface area (Å²) in [7, 11) is 0. The molecule has 1 saturated heterocycles. The maximum Gasteiger partial charge on any atom is 0.306 e. The van der Waals surface area contributed by atoms with Crippen molar-refractivity contribution in [2.45, 2.75) is 25.0 Å². The summed E-state index contributed by atoms with van der Waals surface area (Å²) in [6, 6.07) is 4.16. The summed E-state index contributed by atoms with van der Waals surface area (Å²) >= 11 is 1.78. The highest BCUT2D eigenvalue weighted by molar-refractivity contribution is 7.98. The van der Waals surface area contributed by atoms with Crippen LogP contribution in [0.1, 0.15) is 30.7 Å². The maximum absolute atomic E-state index is 10.9. The van der Waals surface area contributed by atoms with E-state index in [-0.39, 0.29) is 5.92 Å². The van der Waals surface area contributed by atoms with E-state index in [0.29, 0.717) is 5.25 Å². The van der Waals surface area contributed by atoms with Crippen molar-refractivity contribution in [3.8, 4) is 0 Å². The van der Waals surface area contributed by atoms with Gasteiger partial charge in [0.1, 0.15) is 0 Å². The standard InChI is InChI=1S/C14H20N2O2S/c1-10(19-2)13-4-3-12(9-15-13)16-7-5-11(6-8-16)14(17)18/h3-4,9-11H,5-8H2,1-2H3,(H,17,18). The number of pyridine rings is 1. The van der Waals surface area contributed by atoms with Crippen molar-refractivity contribution < 1.29 is 9.90 Å². The quantitative estimate of drug-likeness (QED) is 0.919. The van der Waals surface area contributed by atoms with Gasteiger partial charge in [0.15, 0.2) is 0 Å². The minimum atomic E-state index is -0.665. The number of aliphatic carboxylic acids is 1. The Hall–Kier alpha value is -1.23. The van der Waals surface area contributed by atoms with Crippen LogP contribution >= 0.6 is 11.8 Å². The summed E-state index contributed by atoms with van der Waals surface area (Å²) in [4.78, 5) is 17.6. The lowest BCUT2D eigenvalue weighted by Gasteiger charge is -2.31. The maximum atomic E-state index is 10.9. The van der Waals surface area contributed by atoms with Crippen LogP contribution in [0.4, 0.5) is 5.69 Å². The summed E-state index contributed by atoms with van der Waals surface area (Å²) in [6.45, 7) is 3.75. The molecule has 0 aliphatic carbocycles. The van der Waals surface area contributed by atoms with Gasteiger partial charge in [0, 0.05) is 18.3 Å². The topological polar surface area (TPSA) is 53.4 Å². The summed E-state index contributed by atoms with van der Waals surface area (Å²) in [5.74, 6) is -0.845. The molecule has 1 atom stereocenters. The number of thioether (sulfide) groups is 1. The van der Waals surface area contributed by atoms with E-state index in [2.05, 4.69) is 35.2 Å². The van der Waals surface area contributed by atoms with Crippen LogP contribution in [-0.4, -0.2) is 35.4 Å². The molecule has 2 rings (SSSR count). The van der Waals surface area contributed by atoms with E-state index in [0.717, 1.165) is 37.3 Å². The first-order valence-corrected chi connectivity index (χ1v) is 7.87. The van der Waals surface area contributed by atoms with E-state index in [1.54, 1.807) is 11.8 Å². The molecular formula is C14H20N2O2S. The second-order valence-corrected chi connectivity index (χ2v) is 6.10. The lowest BCUT2D eigenvalue weighted by Crippen LogP contribution is -2.36. The third-order valence-electron chi connectivity index (χ3n) is 3.75. The monoisotopic (exact) mass is 280 g/mol. The van der Waals surface area contributed by atoms with E-state index >= 15 is 0 Å². The Morgan fingerprint density at radius 1 is 1.47 bits per heavy atom. The van der Waals surface area contributed by atoms with Crippen LogP contribution in [0.3, 0.4) is 0 Å². The van der Waals surface area contributed by atoms with Gasteiger partial charge in [0.05, 0.1) is 23.5 Å². The number of carboxylic acid groups (broad SMARTS) is 1. The normalized spacial score (nSPS) is 18.3. The molecule has 5 heteroatoms. The fourth-order valence-corrected chi connectivity index (χ4v) is 2.71. The molecule has 0 radical (unpaired) electrons. The molecule has 0 saturated carbocycles. The lowest BCUT2D eigenvalue weighted by molar-refractivity contribution is -0.142. The fraction of sp³-hybridized carbons (Fsp3) is 0.571. The highest BCUT2D eigenvalue weighted by Crippen LogP contribution is 2.27. The lowest BCUT2D eigenvalue weighted by atomic mass is 9.97. The molecule has 0 bridgehead atoms. The van der Waals surface area contributed by atoms with Gasteiger partial charge in [0.2, 0.25) is 0 Å². The summed E-state index contributed by atoms with van der Waals surface area (Å²) in [5.41, 5.74) is 2.19. The number of aromatic nitrogens is 1. The van der Waals surface area contributed by atoms with E-state index in [9.17, 15) is 4.79 Å². The fourth-order valence-electron chi connectivity index (χ4n) is 2.33. The van der Waals surface area contributed by atoms with Crippen LogP contribution in [0.15, 0.2) is 18.3 Å². The van der Waals surface area contributed by atoms with Gasteiger partial charge in [-0.15, -0.1) is 0 Å². The smallest absolute Gasteiger partial charge is 0.306 e. The van der Waals surface area contributed by atoms with Crippen LogP contribution in [0.25, 0.3) is 0 Å². The molecule has 2 heterocycles. The molecular weight excluding hydrogens is 260 g/mol. The zero-order chi connectivity index (χ0) is 13.8. The van der Waals surface area contributed by atoms with E-state index in [1.807, 2.05) is 6.20 Å². The molecule has 19 heavy (non-hydrogen) atoms. The largest absolute Gasteiger partial charge is 0.481 e. The van der Waals surface area contributed by atoms with Crippen molar-refractivity contribution in [3.05, 3.63) is 24.0 Å². The Bertz CT molecular complexity index is 428. The van der Waals surface area contributed by atoms with Crippen molar-refractivity contribution in [2.24, 2.45) is 5.92 Å². The molecule has 0 amide bonds. The average molecular weight is 280 g/mol. The van der Waals surface area contributed by atoms with Gasteiger partial charge >= 0.3 is 5.97 Å². The minimum Gasteiger partial charge on any atom is -0.481 e. The predicted molar refractivity (Wildman–Crippen MR) is 78.7 cm³/mol. The molecule has 1 fully saturated rings. The number of anilines is 1. The van der Waals surface area contributed by atoms with Gasteiger partial charge in [-0.05, 0) is 38.2 Å². The Balaban J connectivity index is 1.98. The van der Waals surface area contributed by atoms with Gasteiger partial charge < -0.3 is 10.0 Å². The number of piperidine rings is 1. The number of hydrogen-bond donors (Lipinski definition) is 1. The molecule has 0 spiro atoms. The van der Waals surface area contributed by atoms with Crippen molar-refractivity contribution >= 4 is 23.4 Å². The molecule has 1 aliphatic rings. The molecule has 1 aromatic rings. The van der Waals surface area contributed by atoms with Gasteiger partial charge in [-0.3, -0.25) is 9.78 Å². The van der Waals surface area contributed by atoms with Gasteiger partial charge in [-0.1, -0.05) is 0 Å². The number of carboxylic acids is 1. The first kappa shape index (κ1) is 14.2. The van der Waals surface area contributed by atoms with Gasteiger partial charge in [-0.25, -0.2) is 0 Å². The first-order valence-electron chi connectivity index (χ1n) is 6.58. The highest BCUT2D eigenvalue weighted by Gasteiger charge is 2.24. The van der Waals surface area contributed by atoms with E-state index in [4.69, 9.17) is 5.11 Å². The number of carbonyl (C=O) groups is 1. The number of hydrogen-bond acceptors (Lipinski definition) is 4. The minimum absolute atomic E-state index is 0.181. The highest BCUT2D eigenvalue weighted by atomic mass is 32.2. The second kappa shape index (κ2) is 6.28. The first-order chi connectivity index (χ1) is 9.11. The molecule has 104 valence electrons. The Morgan fingerprint density at radius 2 is 2.16 bits per heavy atom. The van der Waals surface area contributed by atoms with Crippen molar-refractivity contribution in [2.75, 3.05) is 24.2 Å². The van der Waals surface area contributed by atoms with Gasteiger partial charge in [0.25, 0.3) is 0 Å². The number of rotatable bonds is 4. The Labute approximate surface area is 118 Å². The van der Waals surface area contributed by atoms with Crippen LogP contribution in [-0.2, 0) is 4.79 Å². The Kier molecular flexibility index (Phi) is 4.69. The number of nitrogens with zero attached hydrogens (tertiary/aromatic N) is 2. The molecule has 4 nitrogen and oxygen atoms in total. The van der Waals surface area contributed by atoms with E-state index in [1.165, 1.54) is 0 Å². The molecule has 1 unspecified atom stereocenters. The zero-order valence-electron chi connectivity index (χ0n) is 11.4. The van der Waals surface area contributed by atoms with Crippen molar-refractivity contribution in [1.82, 2.24) is 4.98 Å². The second-order valence-electron chi connectivity index (χ2n) is 4.92. The SMILES string of the molecule is CSC(C)c1ccc(N2CCC(C(=O)O)CC2)cn1. The van der Waals surface area contributed by atoms with Crippen LogP contribution in [0.2, 0.25) is 0 Å². The molecule has 1 aromatic heterocycles. The summed E-state index contributed by atoms with van der Waals surface area (Å²) < 4.78 is 0. The zero-order valence-corrected chi connectivity index (χ0v) is 12.2. The Morgan fingerprint density at radius 3 is 2.63 bits per heavy atom. The molecule has 1 N–H and O–H groups in total. The van der Waals surface area contributed by atoms with Crippen molar-refractivity contribution in [1.29, 1.82) is 0 Å². The van der Waals surface area contributed by atoms with Crippen LogP contribution < -0.4 is 4.90 Å².